The maximum Gasteiger partial charge on any atom is 0.226 e. The maximum atomic E-state index is 12.7. The normalized spacial score (nSPS) is 34.6. The van der Waals surface area contributed by atoms with Gasteiger partial charge in [-0.3, -0.25) is 9.59 Å². The minimum absolute atomic E-state index is 0.0145. The summed E-state index contributed by atoms with van der Waals surface area (Å²) in [6.45, 7) is 7.40. The van der Waals surface area contributed by atoms with E-state index in [2.05, 4.69) is 19.2 Å². The molecule has 2 fully saturated rings. The Labute approximate surface area is 127 Å². The highest BCUT2D eigenvalue weighted by Crippen LogP contribution is 2.34. The van der Waals surface area contributed by atoms with E-state index in [0.717, 1.165) is 38.8 Å². The first kappa shape index (κ1) is 16.3. The highest BCUT2D eigenvalue weighted by atomic mass is 16.2. The molecule has 0 spiro atoms. The van der Waals surface area contributed by atoms with E-state index in [4.69, 9.17) is 5.73 Å². The molecular formula is C16H29N3O2. The van der Waals surface area contributed by atoms with Crippen LogP contribution in [0.4, 0.5) is 0 Å². The molecule has 0 aromatic rings. The van der Waals surface area contributed by atoms with E-state index in [1.807, 2.05) is 4.90 Å². The standard InChI is InChI=1S/C16H29N3O2/c1-10-8-11(2)15(17)9-14(10)16(21)19-6-4-13(5-7-19)18-12(3)20/h10-11,13-15H,4-9,17H2,1-3H3,(H,18,20). The lowest BCUT2D eigenvalue weighted by Gasteiger charge is -2.40. The first-order valence-corrected chi connectivity index (χ1v) is 8.20. The second-order valence-corrected chi connectivity index (χ2v) is 7.00. The van der Waals surface area contributed by atoms with Crippen molar-refractivity contribution < 1.29 is 9.59 Å². The van der Waals surface area contributed by atoms with E-state index in [0.29, 0.717) is 11.8 Å². The van der Waals surface area contributed by atoms with Crippen LogP contribution in [0.25, 0.3) is 0 Å². The number of likely N-dealkylation sites (tertiary alicyclic amines) is 1. The van der Waals surface area contributed by atoms with Crippen molar-refractivity contribution in [2.45, 2.75) is 58.5 Å². The third-order valence-electron chi connectivity index (χ3n) is 5.22. The number of hydrogen-bond donors (Lipinski definition) is 2. The number of hydrogen-bond acceptors (Lipinski definition) is 3. The van der Waals surface area contributed by atoms with Gasteiger partial charge in [-0.1, -0.05) is 13.8 Å². The Hall–Kier alpha value is -1.10. The molecule has 1 heterocycles. The Bertz CT molecular complexity index is 391. The SMILES string of the molecule is CC(=O)NC1CCN(C(=O)C2CC(N)C(C)CC2C)CC1. The highest BCUT2D eigenvalue weighted by molar-refractivity contribution is 5.79. The van der Waals surface area contributed by atoms with Crippen molar-refractivity contribution >= 4 is 11.8 Å². The number of carbonyl (C=O) groups is 2. The average Bonchev–Trinajstić information content (AvgIpc) is 2.42. The monoisotopic (exact) mass is 295 g/mol. The van der Waals surface area contributed by atoms with Crippen LogP contribution in [0.2, 0.25) is 0 Å². The number of amides is 2. The Balaban J connectivity index is 1.88. The van der Waals surface area contributed by atoms with Gasteiger partial charge in [0.1, 0.15) is 0 Å². The van der Waals surface area contributed by atoms with Crippen LogP contribution in [0.5, 0.6) is 0 Å². The number of nitrogens with two attached hydrogens (primary N) is 1. The van der Waals surface area contributed by atoms with Crippen molar-refractivity contribution in [3.05, 3.63) is 0 Å². The molecule has 2 amide bonds. The van der Waals surface area contributed by atoms with Crippen molar-refractivity contribution in [1.82, 2.24) is 10.2 Å². The lowest BCUT2D eigenvalue weighted by atomic mass is 9.72. The Kier molecular flexibility index (Phi) is 5.25. The van der Waals surface area contributed by atoms with Gasteiger partial charge in [0, 0.05) is 38.0 Å². The topological polar surface area (TPSA) is 75.4 Å². The number of piperidine rings is 1. The fraction of sp³-hybridized carbons (Fsp3) is 0.875. The summed E-state index contributed by atoms with van der Waals surface area (Å²) in [5.74, 6) is 1.29. The first-order valence-electron chi connectivity index (χ1n) is 8.20. The molecule has 2 rings (SSSR count). The molecule has 2 aliphatic rings. The zero-order chi connectivity index (χ0) is 15.6. The molecule has 21 heavy (non-hydrogen) atoms. The summed E-state index contributed by atoms with van der Waals surface area (Å²) in [7, 11) is 0. The van der Waals surface area contributed by atoms with Crippen LogP contribution in [0.15, 0.2) is 0 Å². The second kappa shape index (κ2) is 6.77. The summed E-state index contributed by atoms with van der Waals surface area (Å²) in [5.41, 5.74) is 6.16. The van der Waals surface area contributed by atoms with Gasteiger partial charge in [-0.05, 0) is 37.5 Å². The van der Waals surface area contributed by atoms with Crippen LogP contribution < -0.4 is 11.1 Å². The molecule has 3 N–H and O–H groups in total. The van der Waals surface area contributed by atoms with Crippen molar-refractivity contribution in [3.63, 3.8) is 0 Å². The number of nitrogens with zero attached hydrogens (tertiary/aromatic N) is 1. The van der Waals surface area contributed by atoms with Gasteiger partial charge < -0.3 is 16.0 Å². The van der Waals surface area contributed by atoms with Crippen LogP contribution in [-0.2, 0) is 9.59 Å². The van der Waals surface area contributed by atoms with Gasteiger partial charge in [0.05, 0.1) is 0 Å². The molecule has 1 saturated carbocycles. The largest absolute Gasteiger partial charge is 0.353 e. The van der Waals surface area contributed by atoms with E-state index in [-0.39, 0.29) is 29.8 Å². The fourth-order valence-electron chi connectivity index (χ4n) is 3.79. The van der Waals surface area contributed by atoms with Gasteiger partial charge in [0.25, 0.3) is 0 Å². The molecule has 4 unspecified atom stereocenters. The van der Waals surface area contributed by atoms with Gasteiger partial charge in [-0.25, -0.2) is 0 Å². The minimum Gasteiger partial charge on any atom is -0.353 e. The van der Waals surface area contributed by atoms with Crippen LogP contribution in [0.3, 0.4) is 0 Å². The molecule has 1 aliphatic heterocycles. The minimum atomic E-state index is 0.0145. The van der Waals surface area contributed by atoms with Crippen molar-refractivity contribution in [2.75, 3.05) is 13.1 Å². The van der Waals surface area contributed by atoms with Gasteiger partial charge in [-0.2, -0.15) is 0 Å². The fourth-order valence-corrected chi connectivity index (χ4v) is 3.79. The summed E-state index contributed by atoms with van der Waals surface area (Å²) < 4.78 is 0. The smallest absolute Gasteiger partial charge is 0.226 e. The van der Waals surface area contributed by atoms with Crippen molar-refractivity contribution in [1.29, 1.82) is 0 Å². The predicted molar refractivity (Wildman–Crippen MR) is 82.4 cm³/mol. The lowest BCUT2D eigenvalue weighted by Crippen LogP contribution is -2.51. The summed E-state index contributed by atoms with van der Waals surface area (Å²) >= 11 is 0. The maximum absolute atomic E-state index is 12.7. The molecule has 1 aliphatic carbocycles. The Morgan fingerprint density at radius 1 is 1.10 bits per heavy atom. The molecule has 1 saturated heterocycles. The van der Waals surface area contributed by atoms with E-state index in [1.165, 1.54) is 0 Å². The quantitative estimate of drug-likeness (QED) is 0.801. The Morgan fingerprint density at radius 3 is 2.29 bits per heavy atom. The molecule has 5 heteroatoms. The Morgan fingerprint density at radius 2 is 1.71 bits per heavy atom. The number of nitrogens with one attached hydrogen (secondary N) is 1. The molecule has 0 bridgehead atoms. The van der Waals surface area contributed by atoms with Crippen molar-refractivity contribution in [2.24, 2.45) is 23.5 Å². The zero-order valence-electron chi connectivity index (χ0n) is 13.5. The highest BCUT2D eigenvalue weighted by Gasteiger charge is 2.37. The molecular weight excluding hydrogens is 266 g/mol. The number of rotatable bonds is 2. The van der Waals surface area contributed by atoms with Gasteiger partial charge in [0.15, 0.2) is 0 Å². The summed E-state index contributed by atoms with van der Waals surface area (Å²) in [5, 5.41) is 2.95. The zero-order valence-corrected chi connectivity index (χ0v) is 13.5. The molecule has 120 valence electrons. The third kappa shape index (κ3) is 3.96. The molecule has 0 radical (unpaired) electrons. The van der Waals surface area contributed by atoms with Crippen molar-refractivity contribution in [3.8, 4) is 0 Å². The van der Waals surface area contributed by atoms with Crippen LogP contribution in [0, 0.1) is 17.8 Å². The summed E-state index contributed by atoms with van der Waals surface area (Å²) in [4.78, 5) is 25.8. The van der Waals surface area contributed by atoms with Gasteiger partial charge in [0.2, 0.25) is 11.8 Å². The van der Waals surface area contributed by atoms with E-state index in [9.17, 15) is 9.59 Å². The molecule has 0 aromatic carbocycles. The summed E-state index contributed by atoms with van der Waals surface area (Å²) in [6, 6.07) is 0.365. The van der Waals surface area contributed by atoms with Gasteiger partial charge >= 0.3 is 0 Å². The lowest BCUT2D eigenvalue weighted by molar-refractivity contribution is -0.140. The summed E-state index contributed by atoms with van der Waals surface area (Å²) in [6.07, 6.45) is 3.57. The third-order valence-corrected chi connectivity index (χ3v) is 5.22. The molecule has 0 aromatic heterocycles. The predicted octanol–water partition coefficient (Wildman–Crippen LogP) is 1.12. The number of carbonyl (C=O) groups excluding carboxylic acids is 2. The molecule has 5 nitrogen and oxygen atoms in total. The molecule has 4 atom stereocenters. The second-order valence-electron chi connectivity index (χ2n) is 7.00. The van der Waals surface area contributed by atoms with Crippen LogP contribution in [0.1, 0.15) is 46.5 Å². The van der Waals surface area contributed by atoms with E-state index in [1.54, 1.807) is 6.92 Å². The van der Waals surface area contributed by atoms with Crippen LogP contribution in [-0.4, -0.2) is 41.9 Å². The average molecular weight is 295 g/mol. The van der Waals surface area contributed by atoms with Crippen LogP contribution >= 0.6 is 0 Å². The van der Waals surface area contributed by atoms with E-state index < -0.39 is 0 Å². The first-order chi connectivity index (χ1) is 9.88. The van der Waals surface area contributed by atoms with E-state index >= 15 is 0 Å². The van der Waals surface area contributed by atoms with Gasteiger partial charge in [-0.15, -0.1) is 0 Å².